The minimum Gasteiger partial charge on any atom is -0.494 e. The van der Waals surface area contributed by atoms with E-state index in [9.17, 15) is 4.79 Å². The van der Waals surface area contributed by atoms with Gasteiger partial charge in [-0.2, -0.15) is 0 Å². The van der Waals surface area contributed by atoms with Crippen molar-refractivity contribution in [1.82, 2.24) is 10.3 Å². The van der Waals surface area contributed by atoms with Crippen molar-refractivity contribution in [1.29, 1.82) is 0 Å². The minimum absolute atomic E-state index is 0.198. The zero-order valence-electron chi connectivity index (χ0n) is 13.3. The maximum absolute atomic E-state index is 11.5. The highest BCUT2D eigenvalue weighted by atomic mass is 16.5. The Morgan fingerprint density at radius 3 is 2.61 bits per heavy atom. The molecule has 3 N–H and O–H groups in total. The van der Waals surface area contributed by atoms with E-state index in [2.05, 4.69) is 10.3 Å². The Hall–Kier alpha value is -2.60. The highest BCUT2D eigenvalue weighted by Gasteiger charge is 2.07. The van der Waals surface area contributed by atoms with Crippen LogP contribution in [0.3, 0.4) is 0 Å². The molecule has 122 valence electrons. The van der Waals surface area contributed by atoms with E-state index in [4.69, 9.17) is 15.2 Å². The molecule has 23 heavy (non-hydrogen) atoms. The first-order valence-electron chi connectivity index (χ1n) is 7.47. The maximum atomic E-state index is 11.5. The van der Waals surface area contributed by atoms with E-state index < -0.39 is 6.04 Å². The largest absolute Gasteiger partial charge is 0.494 e. The summed E-state index contributed by atoms with van der Waals surface area (Å²) in [5.41, 5.74) is 6.39. The van der Waals surface area contributed by atoms with Crippen LogP contribution in [0.4, 0.5) is 0 Å². The Morgan fingerprint density at radius 1 is 1.26 bits per heavy atom. The number of ether oxygens (including phenoxy) is 2. The number of rotatable bonds is 7. The summed E-state index contributed by atoms with van der Waals surface area (Å²) in [4.78, 5) is 15.6. The molecule has 1 amide bonds. The average molecular weight is 315 g/mol. The molecule has 0 bridgehead atoms. The van der Waals surface area contributed by atoms with Gasteiger partial charge >= 0.3 is 0 Å². The second-order valence-corrected chi connectivity index (χ2v) is 5.02. The van der Waals surface area contributed by atoms with Crippen LogP contribution in [0.2, 0.25) is 0 Å². The van der Waals surface area contributed by atoms with Gasteiger partial charge in [-0.3, -0.25) is 4.79 Å². The summed E-state index contributed by atoms with van der Waals surface area (Å²) in [6.45, 7) is 4.58. The number of nitrogens with one attached hydrogen (secondary N) is 1. The Balaban J connectivity index is 1.97. The van der Waals surface area contributed by atoms with E-state index in [1.807, 2.05) is 37.3 Å². The number of hydrogen-bond donors (Lipinski definition) is 2. The van der Waals surface area contributed by atoms with Crippen molar-refractivity contribution in [3.8, 4) is 17.4 Å². The molecule has 0 aliphatic carbocycles. The molecule has 0 fully saturated rings. The molecule has 0 unspecified atom stereocenters. The van der Waals surface area contributed by atoms with Crippen LogP contribution < -0.4 is 20.5 Å². The number of carbonyl (C=O) groups excluding carboxylic acids is 1. The summed E-state index contributed by atoms with van der Waals surface area (Å²) in [6.07, 6.45) is 1.64. The number of benzene rings is 1. The lowest BCUT2D eigenvalue weighted by molar-refractivity contribution is -0.122. The van der Waals surface area contributed by atoms with Crippen molar-refractivity contribution < 1.29 is 14.3 Å². The molecular weight excluding hydrogens is 294 g/mol. The number of carbonyl (C=O) groups is 1. The SMILES string of the molecule is CCOc1ccc(Oc2cc(CNC(=O)[C@@H](C)N)ccn2)cc1. The van der Waals surface area contributed by atoms with Crippen molar-refractivity contribution in [2.45, 2.75) is 26.4 Å². The second-order valence-electron chi connectivity index (χ2n) is 5.02. The third-order valence-electron chi connectivity index (χ3n) is 3.04. The first-order valence-corrected chi connectivity index (χ1v) is 7.47. The molecular formula is C17H21N3O3. The lowest BCUT2D eigenvalue weighted by Crippen LogP contribution is -2.37. The van der Waals surface area contributed by atoms with Crippen molar-refractivity contribution in [3.05, 3.63) is 48.2 Å². The first-order chi connectivity index (χ1) is 11.1. The number of nitrogens with zero attached hydrogens (tertiary/aromatic N) is 1. The predicted molar refractivity (Wildman–Crippen MR) is 87.4 cm³/mol. The Labute approximate surface area is 135 Å². The quantitative estimate of drug-likeness (QED) is 0.818. The third-order valence-corrected chi connectivity index (χ3v) is 3.04. The van der Waals surface area contributed by atoms with Gasteiger partial charge in [0.2, 0.25) is 11.8 Å². The van der Waals surface area contributed by atoms with Gasteiger partial charge in [0, 0.05) is 18.8 Å². The normalized spacial score (nSPS) is 11.6. The van der Waals surface area contributed by atoms with Crippen molar-refractivity contribution in [2.24, 2.45) is 5.73 Å². The van der Waals surface area contributed by atoms with E-state index in [1.165, 1.54) is 0 Å². The molecule has 6 nitrogen and oxygen atoms in total. The number of aromatic nitrogens is 1. The fourth-order valence-corrected chi connectivity index (χ4v) is 1.86. The summed E-state index contributed by atoms with van der Waals surface area (Å²) >= 11 is 0. The third kappa shape index (κ3) is 5.27. The molecule has 0 spiro atoms. The molecule has 0 saturated heterocycles. The Bertz CT molecular complexity index is 642. The number of amides is 1. The lowest BCUT2D eigenvalue weighted by atomic mass is 10.2. The van der Waals surface area contributed by atoms with Crippen LogP contribution in [-0.2, 0) is 11.3 Å². The van der Waals surface area contributed by atoms with Gasteiger partial charge in [-0.1, -0.05) is 0 Å². The minimum atomic E-state index is -0.531. The van der Waals surface area contributed by atoms with E-state index in [0.717, 1.165) is 11.3 Å². The summed E-state index contributed by atoms with van der Waals surface area (Å²) in [6, 6.07) is 10.4. The maximum Gasteiger partial charge on any atom is 0.236 e. The second kappa shape index (κ2) is 8.14. The molecule has 1 aromatic carbocycles. The molecule has 1 atom stereocenters. The lowest BCUT2D eigenvalue weighted by Gasteiger charge is -2.10. The van der Waals surface area contributed by atoms with Gasteiger partial charge < -0.3 is 20.5 Å². The molecule has 1 heterocycles. The molecule has 2 aromatic rings. The van der Waals surface area contributed by atoms with Crippen LogP contribution in [0.5, 0.6) is 17.4 Å². The van der Waals surface area contributed by atoms with Crippen LogP contribution in [-0.4, -0.2) is 23.5 Å². The summed E-state index contributed by atoms with van der Waals surface area (Å²) < 4.78 is 11.1. The fraction of sp³-hybridized carbons (Fsp3) is 0.294. The molecule has 6 heteroatoms. The van der Waals surface area contributed by atoms with E-state index >= 15 is 0 Å². The molecule has 0 aliphatic heterocycles. The van der Waals surface area contributed by atoms with Crippen LogP contribution in [0, 0.1) is 0 Å². The zero-order valence-corrected chi connectivity index (χ0v) is 13.3. The number of nitrogens with two attached hydrogens (primary N) is 1. The molecule has 0 saturated carbocycles. The fourth-order valence-electron chi connectivity index (χ4n) is 1.86. The van der Waals surface area contributed by atoms with Crippen LogP contribution in [0.25, 0.3) is 0 Å². The monoisotopic (exact) mass is 315 g/mol. The zero-order chi connectivity index (χ0) is 16.7. The summed E-state index contributed by atoms with van der Waals surface area (Å²) in [5.74, 6) is 1.72. The first kappa shape index (κ1) is 16.8. The highest BCUT2D eigenvalue weighted by molar-refractivity contribution is 5.80. The van der Waals surface area contributed by atoms with Crippen LogP contribution in [0.1, 0.15) is 19.4 Å². The predicted octanol–water partition coefficient (Wildman–Crippen LogP) is 2.24. The van der Waals surface area contributed by atoms with Gasteiger partial charge in [-0.15, -0.1) is 0 Å². The molecule has 0 radical (unpaired) electrons. The van der Waals surface area contributed by atoms with Crippen LogP contribution >= 0.6 is 0 Å². The number of hydrogen-bond acceptors (Lipinski definition) is 5. The topological polar surface area (TPSA) is 86.5 Å². The van der Waals surface area contributed by atoms with Gasteiger partial charge in [0.15, 0.2) is 0 Å². The summed E-state index contributed by atoms with van der Waals surface area (Å²) in [5, 5.41) is 2.75. The molecule has 2 rings (SSSR count). The number of pyridine rings is 1. The molecule has 1 aromatic heterocycles. The van der Waals surface area contributed by atoms with Gasteiger partial charge in [0.05, 0.1) is 12.6 Å². The van der Waals surface area contributed by atoms with Crippen LogP contribution in [0.15, 0.2) is 42.6 Å². The van der Waals surface area contributed by atoms with E-state index in [0.29, 0.717) is 24.8 Å². The van der Waals surface area contributed by atoms with Crippen molar-refractivity contribution >= 4 is 5.91 Å². The average Bonchev–Trinajstić information content (AvgIpc) is 2.55. The van der Waals surface area contributed by atoms with Crippen molar-refractivity contribution in [2.75, 3.05) is 6.61 Å². The summed E-state index contributed by atoms with van der Waals surface area (Å²) in [7, 11) is 0. The molecule has 0 aliphatic rings. The smallest absolute Gasteiger partial charge is 0.236 e. The standard InChI is InChI=1S/C17H21N3O3/c1-3-22-14-4-6-15(7-5-14)23-16-10-13(8-9-19-16)11-20-17(21)12(2)18/h4-10,12H,3,11,18H2,1-2H3,(H,20,21)/t12-/m1/s1. The van der Waals surface area contributed by atoms with Gasteiger partial charge in [0.25, 0.3) is 0 Å². The Kier molecular flexibility index (Phi) is 5.94. The van der Waals surface area contributed by atoms with E-state index in [-0.39, 0.29) is 5.91 Å². The van der Waals surface area contributed by atoms with E-state index in [1.54, 1.807) is 19.2 Å². The highest BCUT2D eigenvalue weighted by Crippen LogP contribution is 2.23. The van der Waals surface area contributed by atoms with Gasteiger partial charge in [0.1, 0.15) is 11.5 Å². The van der Waals surface area contributed by atoms with Crippen molar-refractivity contribution in [3.63, 3.8) is 0 Å². The Morgan fingerprint density at radius 2 is 1.96 bits per heavy atom. The van der Waals surface area contributed by atoms with Gasteiger partial charge in [-0.25, -0.2) is 4.98 Å². The van der Waals surface area contributed by atoms with Gasteiger partial charge in [-0.05, 0) is 49.7 Å².